The lowest BCUT2D eigenvalue weighted by atomic mass is 10.2. The first-order chi connectivity index (χ1) is 21.5. The molecule has 0 spiro atoms. The number of carbonyl (C=O) groups is 1. The van der Waals surface area contributed by atoms with E-state index in [1.807, 2.05) is 41.1 Å². The Labute approximate surface area is 255 Å². The standard InChI is InChI=1S/C32H28F2N6O3S/c33-22-1-5-27(34)21(13-22)18-40-8-7-20-14-24(3-6-29(20)40)38-31-30-28(36-19-37-31)16-26(44-30)4-2-23-15-25(17-35-23)43-32(41)39-9-11-42-12-10-39/h1,3,5-8,13-14,16,19,23,25,35H,9-12,15,17-18H2,(H,36,37,38)/t23-,25-/m1/s1. The van der Waals surface area contributed by atoms with Crippen LogP contribution >= 0.6 is 11.3 Å². The number of nitrogens with one attached hydrogen (secondary N) is 2. The van der Waals surface area contributed by atoms with Crippen LogP contribution in [0.1, 0.15) is 16.9 Å². The number of rotatable bonds is 5. The van der Waals surface area contributed by atoms with Gasteiger partial charge in [-0.05, 0) is 48.5 Å². The maximum atomic E-state index is 14.2. The molecule has 7 rings (SSSR count). The lowest BCUT2D eigenvalue weighted by molar-refractivity contribution is 0.0156. The Morgan fingerprint density at radius 1 is 1.14 bits per heavy atom. The summed E-state index contributed by atoms with van der Waals surface area (Å²) in [5, 5.41) is 7.68. The van der Waals surface area contributed by atoms with Gasteiger partial charge in [-0.2, -0.15) is 0 Å². The summed E-state index contributed by atoms with van der Waals surface area (Å²) in [4.78, 5) is 23.8. The summed E-state index contributed by atoms with van der Waals surface area (Å²) < 4.78 is 41.6. The van der Waals surface area contributed by atoms with Gasteiger partial charge in [0, 0.05) is 54.4 Å². The highest BCUT2D eigenvalue weighted by atomic mass is 32.1. The lowest BCUT2D eigenvalue weighted by Crippen LogP contribution is -2.42. The molecule has 2 atom stereocenters. The number of fused-ring (bicyclic) bond motifs is 2. The van der Waals surface area contributed by atoms with Crippen LogP contribution in [0, 0.1) is 23.5 Å². The van der Waals surface area contributed by atoms with Crippen molar-refractivity contribution in [3.05, 3.63) is 83.1 Å². The predicted octanol–water partition coefficient (Wildman–Crippen LogP) is 5.27. The number of halogens is 2. The molecule has 5 heterocycles. The molecule has 0 bridgehead atoms. The molecule has 0 unspecified atom stereocenters. The van der Waals surface area contributed by atoms with Crippen LogP contribution in [-0.2, 0) is 16.0 Å². The van der Waals surface area contributed by atoms with E-state index >= 15 is 0 Å². The minimum Gasteiger partial charge on any atom is -0.445 e. The van der Waals surface area contributed by atoms with Crippen molar-refractivity contribution in [3.63, 3.8) is 0 Å². The number of hydrogen-bond acceptors (Lipinski definition) is 8. The molecule has 2 saturated heterocycles. The van der Waals surface area contributed by atoms with E-state index in [2.05, 4.69) is 32.4 Å². The lowest BCUT2D eigenvalue weighted by Gasteiger charge is -2.27. The molecule has 224 valence electrons. The molecule has 2 N–H and O–H groups in total. The number of morpholine rings is 1. The minimum atomic E-state index is -0.463. The summed E-state index contributed by atoms with van der Waals surface area (Å²) in [7, 11) is 0. The van der Waals surface area contributed by atoms with Crippen molar-refractivity contribution >= 4 is 50.1 Å². The normalized spacial score (nSPS) is 18.4. The number of ether oxygens (including phenoxy) is 2. The molecule has 9 nitrogen and oxygen atoms in total. The number of carbonyl (C=O) groups excluding carboxylic acids is 1. The molecule has 2 aromatic carbocycles. The van der Waals surface area contributed by atoms with Crippen LogP contribution in [0.5, 0.6) is 0 Å². The molecule has 2 aliphatic rings. The van der Waals surface area contributed by atoms with Crippen molar-refractivity contribution < 1.29 is 23.0 Å². The Bertz CT molecular complexity index is 1910. The Kier molecular flexibility index (Phi) is 7.82. The van der Waals surface area contributed by atoms with Gasteiger partial charge in [0.25, 0.3) is 0 Å². The quantitative estimate of drug-likeness (QED) is 0.261. The Morgan fingerprint density at radius 2 is 2.02 bits per heavy atom. The number of nitrogens with zero attached hydrogens (tertiary/aromatic N) is 4. The van der Waals surface area contributed by atoms with Crippen molar-refractivity contribution in [2.75, 3.05) is 38.2 Å². The zero-order chi connectivity index (χ0) is 30.0. The highest BCUT2D eigenvalue weighted by molar-refractivity contribution is 7.20. The fourth-order valence-corrected chi connectivity index (χ4v) is 6.35. The molecule has 44 heavy (non-hydrogen) atoms. The van der Waals surface area contributed by atoms with Gasteiger partial charge in [-0.15, -0.1) is 11.3 Å². The third-order valence-electron chi connectivity index (χ3n) is 7.69. The zero-order valence-electron chi connectivity index (χ0n) is 23.6. The van der Waals surface area contributed by atoms with E-state index in [1.54, 1.807) is 4.90 Å². The topological polar surface area (TPSA) is 93.5 Å². The first-order valence-corrected chi connectivity index (χ1v) is 15.1. The van der Waals surface area contributed by atoms with Crippen molar-refractivity contribution in [1.82, 2.24) is 24.8 Å². The third-order valence-corrected chi connectivity index (χ3v) is 8.74. The number of hydrogen-bond donors (Lipinski definition) is 2. The highest BCUT2D eigenvalue weighted by Gasteiger charge is 2.28. The summed E-state index contributed by atoms with van der Waals surface area (Å²) in [5.41, 5.74) is 2.82. The summed E-state index contributed by atoms with van der Waals surface area (Å²) in [6.07, 6.45) is 3.49. The summed E-state index contributed by atoms with van der Waals surface area (Å²) in [6.45, 7) is 2.97. The van der Waals surface area contributed by atoms with Gasteiger partial charge in [0.15, 0.2) is 5.82 Å². The van der Waals surface area contributed by atoms with Gasteiger partial charge < -0.3 is 24.3 Å². The predicted molar refractivity (Wildman–Crippen MR) is 164 cm³/mol. The first kappa shape index (κ1) is 28.2. The van der Waals surface area contributed by atoms with Crippen LogP contribution in [0.15, 0.2) is 61.1 Å². The molecule has 5 aromatic rings. The van der Waals surface area contributed by atoms with E-state index in [0.717, 1.165) is 43.8 Å². The molecule has 2 aliphatic heterocycles. The van der Waals surface area contributed by atoms with Crippen molar-refractivity contribution in [1.29, 1.82) is 0 Å². The van der Waals surface area contributed by atoms with Gasteiger partial charge in [0.1, 0.15) is 24.1 Å². The van der Waals surface area contributed by atoms with E-state index in [9.17, 15) is 13.6 Å². The van der Waals surface area contributed by atoms with Crippen LogP contribution in [0.25, 0.3) is 21.1 Å². The van der Waals surface area contributed by atoms with E-state index in [-0.39, 0.29) is 24.8 Å². The van der Waals surface area contributed by atoms with Crippen molar-refractivity contribution in [2.24, 2.45) is 0 Å². The van der Waals surface area contributed by atoms with E-state index < -0.39 is 11.6 Å². The number of aromatic nitrogens is 3. The number of thiophene rings is 1. The van der Waals surface area contributed by atoms with Crippen LogP contribution < -0.4 is 10.6 Å². The maximum Gasteiger partial charge on any atom is 0.410 e. The molecular formula is C32H28F2N6O3S. The second-order valence-corrected chi connectivity index (χ2v) is 11.7. The SMILES string of the molecule is O=C(O[C@H]1CN[C@H](C#Cc2cc3ncnc(Nc4ccc5c(ccn5Cc5cc(F)ccc5F)c4)c3s2)C1)N1CCOCC1. The van der Waals surface area contributed by atoms with Gasteiger partial charge in [-0.3, -0.25) is 5.32 Å². The number of benzene rings is 2. The van der Waals surface area contributed by atoms with Gasteiger partial charge in [0.05, 0.1) is 40.9 Å². The second kappa shape index (κ2) is 12.2. The monoisotopic (exact) mass is 614 g/mol. The smallest absolute Gasteiger partial charge is 0.410 e. The molecule has 2 fully saturated rings. The van der Waals surface area contributed by atoms with Gasteiger partial charge in [0.2, 0.25) is 0 Å². The Morgan fingerprint density at radius 3 is 2.91 bits per heavy atom. The van der Waals surface area contributed by atoms with Gasteiger partial charge in [-0.1, -0.05) is 11.8 Å². The molecule has 0 radical (unpaired) electrons. The average molecular weight is 615 g/mol. The second-order valence-electron chi connectivity index (χ2n) is 10.7. The van der Waals surface area contributed by atoms with E-state index in [4.69, 9.17) is 9.47 Å². The Balaban J connectivity index is 1.02. The highest BCUT2D eigenvalue weighted by Crippen LogP contribution is 2.32. The molecule has 0 saturated carbocycles. The van der Waals surface area contributed by atoms with E-state index in [0.29, 0.717) is 50.7 Å². The number of anilines is 2. The maximum absolute atomic E-state index is 14.2. The molecule has 12 heteroatoms. The average Bonchev–Trinajstić information content (AvgIpc) is 3.77. The van der Waals surface area contributed by atoms with Crippen LogP contribution in [0.2, 0.25) is 0 Å². The third kappa shape index (κ3) is 6.07. The van der Waals surface area contributed by atoms with Crippen molar-refractivity contribution in [3.8, 4) is 11.8 Å². The summed E-state index contributed by atoms with van der Waals surface area (Å²) in [6, 6.07) is 13.2. The molecule has 3 aromatic heterocycles. The minimum absolute atomic E-state index is 0.0807. The van der Waals surface area contributed by atoms with Crippen LogP contribution in [0.3, 0.4) is 0 Å². The molecule has 0 aliphatic carbocycles. The summed E-state index contributed by atoms with van der Waals surface area (Å²) >= 11 is 1.51. The number of amides is 1. The first-order valence-electron chi connectivity index (χ1n) is 14.3. The largest absolute Gasteiger partial charge is 0.445 e. The summed E-state index contributed by atoms with van der Waals surface area (Å²) in [5.74, 6) is 6.28. The Hall–Kier alpha value is -4.57. The zero-order valence-corrected chi connectivity index (χ0v) is 24.4. The fourth-order valence-electron chi connectivity index (χ4n) is 5.43. The van der Waals surface area contributed by atoms with Gasteiger partial charge in [-0.25, -0.2) is 23.5 Å². The van der Waals surface area contributed by atoms with E-state index in [1.165, 1.54) is 23.7 Å². The molecule has 1 amide bonds. The van der Waals surface area contributed by atoms with Crippen LogP contribution in [-0.4, -0.2) is 70.5 Å². The van der Waals surface area contributed by atoms with Gasteiger partial charge >= 0.3 is 6.09 Å². The molecular weight excluding hydrogens is 586 g/mol. The fraction of sp³-hybridized carbons (Fsp3) is 0.281. The van der Waals surface area contributed by atoms with Crippen LogP contribution in [0.4, 0.5) is 25.1 Å². The van der Waals surface area contributed by atoms with Crippen molar-refractivity contribution in [2.45, 2.75) is 25.1 Å².